The van der Waals surface area contributed by atoms with E-state index in [-0.39, 0.29) is 24.0 Å². The van der Waals surface area contributed by atoms with Crippen molar-refractivity contribution in [1.29, 1.82) is 0 Å². The Morgan fingerprint density at radius 1 is 1.08 bits per heavy atom. The third-order valence-electron chi connectivity index (χ3n) is 3.25. The third kappa shape index (κ3) is 3.17. The molecule has 0 spiro atoms. The average Bonchev–Trinajstić information content (AvgIpc) is 3.08. The zero-order chi connectivity index (χ0) is 17.1. The molecule has 0 amide bonds. The van der Waals surface area contributed by atoms with E-state index in [9.17, 15) is 13.2 Å². The largest absolute Gasteiger partial charge is 0.497 e. The molecule has 0 aliphatic heterocycles. The quantitative estimate of drug-likeness (QED) is 0.719. The molecule has 8 heteroatoms. The van der Waals surface area contributed by atoms with Crippen LogP contribution in [-0.4, -0.2) is 17.3 Å². The molecule has 0 aliphatic rings. The van der Waals surface area contributed by atoms with Crippen LogP contribution in [0.4, 0.5) is 18.9 Å². The Kier molecular flexibility index (Phi) is 4.37. The molecule has 2 aromatic carbocycles. The highest BCUT2D eigenvalue weighted by molar-refractivity contribution is 5.55. The summed E-state index contributed by atoms with van der Waals surface area (Å²) in [6, 6.07) is 8.95. The van der Waals surface area contributed by atoms with Crippen LogP contribution in [0.5, 0.6) is 5.75 Å². The van der Waals surface area contributed by atoms with Crippen LogP contribution in [0.2, 0.25) is 0 Å². The summed E-state index contributed by atoms with van der Waals surface area (Å²) in [5.74, 6) is -3.04. The molecule has 5 nitrogen and oxygen atoms in total. The normalized spacial score (nSPS) is 10.7. The average molecular weight is 335 g/mol. The van der Waals surface area contributed by atoms with Gasteiger partial charge in [-0.2, -0.15) is 0 Å². The number of aromatic nitrogens is 2. The van der Waals surface area contributed by atoms with E-state index >= 15 is 0 Å². The number of benzene rings is 2. The van der Waals surface area contributed by atoms with Crippen molar-refractivity contribution >= 4 is 5.69 Å². The van der Waals surface area contributed by atoms with Gasteiger partial charge in [-0.1, -0.05) is 6.07 Å². The first kappa shape index (κ1) is 15.9. The van der Waals surface area contributed by atoms with Crippen molar-refractivity contribution in [2.45, 2.75) is 6.54 Å². The summed E-state index contributed by atoms with van der Waals surface area (Å²) in [5.41, 5.74) is 0.460. The van der Waals surface area contributed by atoms with Gasteiger partial charge in [0, 0.05) is 5.56 Å². The van der Waals surface area contributed by atoms with E-state index in [4.69, 9.17) is 9.15 Å². The van der Waals surface area contributed by atoms with Crippen LogP contribution < -0.4 is 10.1 Å². The van der Waals surface area contributed by atoms with Crippen LogP contribution in [0, 0.1) is 17.5 Å². The number of ether oxygens (including phenoxy) is 1. The van der Waals surface area contributed by atoms with E-state index in [0.29, 0.717) is 11.3 Å². The molecule has 0 atom stereocenters. The van der Waals surface area contributed by atoms with Crippen molar-refractivity contribution in [2.24, 2.45) is 0 Å². The molecule has 0 unspecified atom stereocenters. The number of hydrogen-bond acceptors (Lipinski definition) is 5. The summed E-state index contributed by atoms with van der Waals surface area (Å²) in [7, 11) is 1.54. The Labute approximate surface area is 135 Å². The summed E-state index contributed by atoms with van der Waals surface area (Å²) in [6.07, 6.45) is 0. The second-order valence-corrected chi connectivity index (χ2v) is 4.81. The van der Waals surface area contributed by atoms with Crippen LogP contribution in [0.15, 0.2) is 40.8 Å². The van der Waals surface area contributed by atoms with E-state index < -0.39 is 17.5 Å². The van der Waals surface area contributed by atoms with Crippen LogP contribution in [0.25, 0.3) is 11.5 Å². The molecule has 0 saturated carbocycles. The van der Waals surface area contributed by atoms with Gasteiger partial charge in [-0.3, -0.25) is 0 Å². The minimum Gasteiger partial charge on any atom is -0.497 e. The van der Waals surface area contributed by atoms with Gasteiger partial charge in [-0.15, -0.1) is 10.2 Å². The van der Waals surface area contributed by atoms with Crippen LogP contribution in [-0.2, 0) is 6.54 Å². The van der Waals surface area contributed by atoms with Crippen molar-refractivity contribution in [2.75, 3.05) is 12.4 Å². The van der Waals surface area contributed by atoms with Crippen LogP contribution in [0.1, 0.15) is 5.89 Å². The number of hydrogen-bond donors (Lipinski definition) is 1. The fourth-order valence-corrected chi connectivity index (χ4v) is 2.03. The smallest absolute Gasteiger partial charge is 0.247 e. The Balaban J connectivity index is 1.74. The molecule has 0 saturated heterocycles. The lowest BCUT2D eigenvalue weighted by Gasteiger charge is -2.05. The SMILES string of the molecule is COc1cccc(-c2nnc(CNc3ccc(F)c(F)c3F)o2)c1. The lowest BCUT2D eigenvalue weighted by atomic mass is 10.2. The monoisotopic (exact) mass is 335 g/mol. The first-order valence-corrected chi connectivity index (χ1v) is 6.92. The highest BCUT2D eigenvalue weighted by atomic mass is 19.2. The van der Waals surface area contributed by atoms with Gasteiger partial charge in [0.25, 0.3) is 0 Å². The van der Waals surface area contributed by atoms with E-state index in [1.54, 1.807) is 31.4 Å². The summed E-state index contributed by atoms with van der Waals surface area (Å²) < 4.78 is 50.2. The molecule has 124 valence electrons. The predicted octanol–water partition coefficient (Wildman–Crippen LogP) is 3.77. The first-order valence-electron chi connectivity index (χ1n) is 6.92. The molecule has 3 rings (SSSR count). The van der Waals surface area contributed by atoms with Gasteiger partial charge in [0.15, 0.2) is 17.5 Å². The van der Waals surface area contributed by atoms with E-state index in [0.717, 1.165) is 12.1 Å². The summed E-state index contributed by atoms with van der Waals surface area (Å²) >= 11 is 0. The van der Waals surface area contributed by atoms with Crippen molar-refractivity contribution in [3.05, 3.63) is 59.7 Å². The maximum absolute atomic E-state index is 13.6. The van der Waals surface area contributed by atoms with Crippen molar-refractivity contribution in [3.8, 4) is 17.2 Å². The van der Waals surface area contributed by atoms with Gasteiger partial charge in [-0.25, -0.2) is 13.2 Å². The third-order valence-corrected chi connectivity index (χ3v) is 3.25. The standard InChI is InChI=1S/C16H12F3N3O2/c1-23-10-4-2-3-9(7-10)16-22-21-13(24-16)8-20-12-6-5-11(17)14(18)15(12)19/h2-7,20H,8H2,1H3. The fraction of sp³-hybridized carbons (Fsp3) is 0.125. The highest BCUT2D eigenvalue weighted by Crippen LogP contribution is 2.23. The molecule has 1 N–H and O–H groups in total. The molecule has 1 aromatic heterocycles. The minimum absolute atomic E-state index is 0.0427. The van der Waals surface area contributed by atoms with Crippen molar-refractivity contribution in [1.82, 2.24) is 10.2 Å². The van der Waals surface area contributed by atoms with Crippen molar-refractivity contribution < 1.29 is 22.3 Å². The second-order valence-electron chi connectivity index (χ2n) is 4.81. The molecule has 0 radical (unpaired) electrons. The molecular weight excluding hydrogens is 323 g/mol. The number of rotatable bonds is 5. The molecule has 0 fully saturated rings. The zero-order valence-electron chi connectivity index (χ0n) is 12.5. The van der Waals surface area contributed by atoms with E-state index in [1.165, 1.54) is 0 Å². The van der Waals surface area contributed by atoms with Gasteiger partial charge in [0.05, 0.1) is 19.3 Å². The van der Waals surface area contributed by atoms with Gasteiger partial charge in [0.2, 0.25) is 11.8 Å². The lowest BCUT2D eigenvalue weighted by molar-refractivity contribution is 0.414. The molecule has 24 heavy (non-hydrogen) atoms. The maximum atomic E-state index is 13.6. The zero-order valence-corrected chi connectivity index (χ0v) is 12.5. The molecular formula is C16H12F3N3O2. The summed E-state index contributed by atoms with van der Waals surface area (Å²) in [5, 5.41) is 10.3. The predicted molar refractivity (Wildman–Crippen MR) is 79.9 cm³/mol. The maximum Gasteiger partial charge on any atom is 0.247 e. The van der Waals surface area contributed by atoms with Crippen molar-refractivity contribution in [3.63, 3.8) is 0 Å². The Morgan fingerprint density at radius 2 is 1.92 bits per heavy atom. The Bertz CT molecular complexity index is 868. The molecule has 0 bridgehead atoms. The van der Waals surface area contributed by atoms with E-state index in [2.05, 4.69) is 15.5 Å². The van der Waals surface area contributed by atoms with Gasteiger partial charge in [0.1, 0.15) is 5.75 Å². The number of nitrogens with zero attached hydrogens (tertiary/aromatic N) is 2. The highest BCUT2D eigenvalue weighted by Gasteiger charge is 2.14. The first-order chi connectivity index (χ1) is 11.6. The Hall–Kier alpha value is -3.03. The second kappa shape index (κ2) is 6.61. The van der Waals surface area contributed by atoms with Gasteiger partial charge >= 0.3 is 0 Å². The lowest BCUT2D eigenvalue weighted by Crippen LogP contribution is -2.04. The number of halogens is 3. The Morgan fingerprint density at radius 3 is 2.71 bits per heavy atom. The molecule has 3 aromatic rings. The van der Waals surface area contributed by atoms with Crippen LogP contribution in [0.3, 0.4) is 0 Å². The number of methoxy groups -OCH3 is 1. The van der Waals surface area contributed by atoms with Gasteiger partial charge in [-0.05, 0) is 30.3 Å². The number of nitrogens with one attached hydrogen (secondary N) is 1. The minimum atomic E-state index is -1.54. The van der Waals surface area contributed by atoms with Gasteiger partial charge < -0.3 is 14.5 Å². The topological polar surface area (TPSA) is 60.2 Å². The van der Waals surface area contributed by atoms with Crippen LogP contribution >= 0.6 is 0 Å². The summed E-state index contributed by atoms with van der Waals surface area (Å²) in [4.78, 5) is 0. The summed E-state index contributed by atoms with van der Waals surface area (Å²) in [6.45, 7) is -0.0427. The molecule has 1 heterocycles. The van der Waals surface area contributed by atoms with E-state index in [1.807, 2.05) is 0 Å². The number of anilines is 1. The fourth-order valence-electron chi connectivity index (χ4n) is 2.03. The molecule has 0 aliphatic carbocycles.